The molecular weight excluding hydrogens is 120 g/mol. The van der Waals surface area contributed by atoms with Crippen molar-refractivity contribution in [1.29, 1.82) is 0 Å². The largest absolute Gasteiger partial charge is 0.0850 e. The molecule has 0 saturated heterocycles. The molecule has 3 atom stereocenters. The summed E-state index contributed by atoms with van der Waals surface area (Å²) in [6.45, 7) is 4.72. The molecule has 0 N–H and O–H groups in total. The third-order valence-electron chi connectivity index (χ3n) is 3.48. The van der Waals surface area contributed by atoms with Crippen molar-refractivity contribution in [3.8, 4) is 0 Å². The van der Waals surface area contributed by atoms with Crippen LogP contribution in [0.4, 0.5) is 0 Å². The Kier molecular flexibility index (Phi) is 1.36. The van der Waals surface area contributed by atoms with Crippen LogP contribution in [0.2, 0.25) is 0 Å². The lowest BCUT2D eigenvalue weighted by Gasteiger charge is -2.14. The van der Waals surface area contributed by atoms with Crippen molar-refractivity contribution >= 4 is 0 Å². The average Bonchev–Trinajstić information content (AvgIpc) is 2.41. The number of fused-ring (bicyclic) bond motifs is 1. The Hall–Kier alpha value is -0.260. The first-order valence-corrected chi connectivity index (χ1v) is 4.45. The Morgan fingerprint density at radius 2 is 2.20 bits per heavy atom. The molecule has 0 heteroatoms. The molecule has 1 saturated carbocycles. The minimum Gasteiger partial charge on any atom is -0.0850 e. The number of hydrogen-bond donors (Lipinski definition) is 0. The number of hydrogen-bond acceptors (Lipinski definition) is 0. The monoisotopic (exact) mass is 136 g/mol. The van der Waals surface area contributed by atoms with Crippen molar-refractivity contribution in [2.24, 2.45) is 17.8 Å². The standard InChI is InChI=1S/C10H16/c1-7-3-5-10-8(2)4-6-9(7)10/h3,8-10H,4-6H2,1-2H3. The van der Waals surface area contributed by atoms with Gasteiger partial charge in [0.25, 0.3) is 0 Å². The van der Waals surface area contributed by atoms with Gasteiger partial charge in [0.2, 0.25) is 0 Å². The van der Waals surface area contributed by atoms with Crippen LogP contribution in [0, 0.1) is 17.8 Å². The van der Waals surface area contributed by atoms with Crippen LogP contribution in [0.1, 0.15) is 33.1 Å². The Balaban J connectivity index is 2.16. The molecule has 3 unspecified atom stereocenters. The van der Waals surface area contributed by atoms with Gasteiger partial charge in [-0.25, -0.2) is 0 Å². The van der Waals surface area contributed by atoms with Crippen LogP contribution in [-0.2, 0) is 0 Å². The predicted octanol–water partition coefficient (Wildman–Crippen LogP) is 3.00. The van der Waals surface area contributed by atoms with Crippen molar-refractivity contribution in [1.82, 2.24) is 0 Å². The predicted molar refractivity (Wildman–Crippen MR) is 43.8 cm³/mol. The Morgan fingerprint density at radius 3 is 2.90 bits per heavy atom. The van der Waals surface area contributed by atoms with Gasteiger partial charge >= 0.3 is 0 Å². The van der Waals surface area contributed by atoms with Crippen LogP contribution in [0.15, 0.2) is 11.6 Å². The molecule has 2 aliphatic carbocycles. The van der Waals surface area contributed by atoms with Crippen LogP contribution in [-0.4, -0.2) is 0 Å². The lowest BCUT2D eigenvalue weighted by atomic mass is 9.91. The Bertz CT molecular complexity index is 167. The first-order chi connectivity index (χ1) is 4.79. The van der Waals surface area contributed by atoms with E-state index in [2.05, 4.69) is 19.9 Å². The van der Waals surface area contributed by atoms with Crippen molar-refractivity contribution in [3.05, 3.63) is 11.6 Å². The second kappa shape index (κ2) is 2.11. The molecule has 0 aromatic heterocycles. The Morgan fingerprint density at radius 1 is 1.40 bits per heavy atom. The van der Waals surface area contributed by atoms with Gasteiger partial charge in [0.15, 0.2) is 0 Å². The number of rotatable bonds is 0. The molecule has 0 radical (unpaired) electrons. The molecule has 2 rings (SSSR count). The van der Waals surface area contributed by atoms with E-state index in [1.165, 1.54) is 19.3 Å². The highest BCUT2D eigenvalue weighted by Gasteiger charge is 2.36. The fraction of sp³-hybridized carbons (Fsp3) is 0.800. The Labute approximate surface area is 63.3 Å². The second-order valence-corrected chi connectivity index (χ2v) is 4.01. The molecule has 0 heterocycles. The highest BCUT2D eigenvalue weighted by molar-refractivity contribution is 5.15. The van der Waals surface area contributed by atoms with Gasteiger partial charge in [-0.2, -0.15) is 0 Å². The third kappa shape index (κ3) is 0.744. The summed E-state index contributed by atoms with van der Waals surface area (Å²) in [7, 11) is 0. The molecule has 0 nitrogen and oxygen atoms in total. The van der Waals surface area contributed by atoms with E-state index < -0.39 is 0 Å². The molecule has 0 aromatic rings. The van der Waals surface area contributed by atoms with E-state index >= 15 is 0 Å². The van der Waals surface area contributed by atoms with Crippen molar-refractivity contribution in [2.75, 3.05) is 0 Å². The van der Waals surface area contributed by atoms with E-state index in [0.717, 1.165) is 17.8 Å². The van der Waals surface area contributed by atoms with Gasteiger partial charge < -0.3 is 0 Å². The maximum Gasteiger partial charge on any atom is -0.0172 e. The van der Waals surface area contributed by atoms with Gasteiger partial charge in [0, 0.05) is 0 Å². The van der Waals surface area contributed by atoms with Crippen molar-refractivity contribution in [3.63, 3.8) is 0 Å². The van der Waals surface area contributed by atoms with E-state index in [1.807, 2.05) is 0 Å². The first-order valence-electron chi connectivity index (χ1n) is 4.45. The van der Waals surface area contributed by atoms with Crippen molar-refractivity contribution in [2.45, 2.75) is 33.1 Å². The maximum atomic E-state index is 2.45. The fourth-order valence-corrected chi connectivity index (χ4v) is 2.70. The SMILES string of the molecule is CC1=CCC2C(C)CCC12. The van der Waals surface area contributed by atoms with E-state index in [9.17, 15) is 0 Å². The smallest absolute Gasteiger partial charge is 0.0172 e. The molecule has 56 valence electrons. The van der Waals surface area contributed by atoms with Gasteiger partial charge in [-0.3, -0.25) is 0 Å². The second-order valence-electron chi connectivity index (χ2n) is 4.01. The summed E-state index contributed by atoms with van der Waals surface area (Å²) in [5.74, 6) is 3.01. The summed E-state index contributed by atoms with van der Waals surface area (Å²) in [6, 6.07) is 0. The summed E-state index contributed by atoms with van der Waals surface area (Å²) in [6.07, 6.45) is 6.76. The van der Waals surface area contributed by atoms with E-state index in [4.69, 9.17) is 0 Å². The van der Waals surface area contributed by atoms with Gasteiger partial charge in [0.05, 0.1) is 0 Å². The highest BCUT2D eigenvalue weighted by atomic mass is 14.4. The lowest BCUT2D eigenvalue weighted by molar-refractivity contribution is 0.388. The molecule has 0 spiro atoms. The normalized spacial score (nSPS) is 45.4. The van der Waals surface area contributed by atoms with Gasteiger partial charge in [0.1, 0.15) is 0 Å². The fourth-order valence-electron chi connectivity index (χ4n) is 2.70. The van der Waals surface area contributed by atoms with Crippen molar-refractivity contribution < 1.29 is 0 Å². The summed E-state index contributed by atoms with van der Waals surface area (Å²) in [5.41, 5.74) is 1.68. The molecular formula is C10H16. The van der Waals surface area contributed by atoms with Gasteiger partial charge in [-0.15, -0.1) is 0 Å². The maximum absolute atomic E-state index is 2.45. The molecule has 0 amide bonds. The highest BCUT2D eigenvalue weighted by Crippen LogP contribution is 2.46. The van der Waals surface area contributed by atoms with Crippen LogP contribution in [0.5, 0.6) is 0 Å². The average molecular weight is 136 g/mol. The molecule has 0 bridgehead atoms. The van der Waals surface area contributed by atoms with Crippen LogP contribution in [0.25, 0.3) is 0 Å². The van der Waals surface area contributed by atoms with Gasteiger partial charge in [-0.1, -0.05) is 18.6 Å². The summed E-state index contributed by atoms with van der Waals surface area (Å²) in [5, 5.41) is 0. The van der Waals surface area contributed by atoms with E-state index in [-0.39, 0.29) is 0 Å². The lowest BCUT2D eigenvalue weighted by Crippen LogP contribution is -2.07. The van der Waals surface area contributed by atoms with E-state index in [0.29, 0.717) is 0 Å². The van der Waals surface area contributed by atoms with Gasteiger partial charge in [-0.05, 0) is 43.9 Å². The zero-order valence-electron chi connectivity index (χ0n) is 6.93. The molecule has 10 heavy (non-hydrogen) atoms. The molecule has 0 aliphatic heterocycles. The first kappa shape index (κ1) is 6.45. The molecule has 1 fully saturated rings. The van der Waals surface area contributed by atoms with Crippen LogP contribution < -0.4 is 0 Å². The number of allylic oxidation sites excluding steroid dienone is 2. The third-order valence-corrected chi connectivity index (χ3v) is 3.48. The minimum absolute atomic E-state index is 0.981. The van der Waals surface area contributed by atoms with Crippen LogP contribution in [0.3, 0.4) is 0 Å². The summed E-state index contributed by atoms with van der Waals surface area (Å²) < 4.78 is 0. The van der Waals surface area contributed by atoms with Crippen LogP contribution >= 0.6 is 0 Å². The molecule has 0 aromatic carbocycles. The minimum atomic E-state index is 0.981. The quantitative estimate of drug-likeness (QED) is 0.449. The zero-order chi connectivity index (χ0) is 7.14. The summed E-state index contributed by atoms with van der Waals surface area (Å²) in [4.78, 5) is 0. The topological polar surface area (TPSA) is 0 Å². The zero-order valence-corrected chi connectivity index (χ0v) is 6.93. The summed E-state index contributed by atoms with van der Waals surface area (Å²) >= 11 is 0. The van der Waals surface area contributed by atoms with E-state index in [1.54, 1.807) is 5.57 Å². The molecule has 2 aliphatic rings.